The smallest absolute Gasteiger partial charge is 0.317 e. The Kier molecular flexibility index (Phi) is 6.31. The lowest BCUT2D eigenvalue weighted by Crippen LogP contribution is -2.53. The van der Waals surface area contributed by atoms with Crippen LogP contribution in [0, 0.1) is 0 Å². The van der Waals surface area contributed by atoms with Crippen LogP contribution in [-0.2, 0) is 21.2 Å². The Balaban J connectivity index is 1.16. The van der Waals surface area contributed by atoms with E-state index in [1.165, 1.54) is 32.8 Å². The third-order valence-corrected chi connectivity index (χ3v) is 8.19. The molecule has 3 aromatic rings. The molecule has 1 saturated heterocycles. The molecule has 3 aromatic carbocycles. The van der Waals surface area contributed by atoms with Gasteiger partial charge in [0.25, 0.3) is 5.91 Å². The number of benzene rings is 3. The normalized spacial score (nSPS) is 16.3. The fourth-order valence-corrected chi connectivity index (χ4v) is 5.88. The molecule has 0 aliphatic carbocycles. The second kappa shape index (κ2) is 9.55. The van der Waals surface area contributed by atoms with Gasteiger partial charge >= 0.3 is 6.03 Å². The van der Waals surface area contributed by atoms with E-state index in [-0.39, 0.29) is 36.5 Å². The first-order valence-electron chi connectivity index (χ1n) is 11.5. The Morgan fingerprint density at radius 1 is 1.00 bits per heavy atom. The summed E-state index contributed by atoms with van der Waals surface area (Å²) in [5.74, 6) is 0.112. The van der Waals surface area contributed by atoms with Crippen LogP contribution in [0.5, 0.6) is 5.75 Å². The Hall–Kier alpha value is -3.63. The van der Waals surface area contributed by atoms with Crippen LogP contribution in [-0.4, -0.2) is 68.9 Å². The van der Waals surface area contributed by atoms with Crippen molar-refractivity contribution in [2.75, 3.05) is 44.6 Å². The van der Waals surface area contributed by atoms with Crippen molar-refractivity contribution in [3.63, 3.8) is 0 Å². The number of carbonyl (C=O) groups excluding carboxylic acids is 2. The van der Waals surface area contributed by atoms with Gasteiger partial charge in [-0.15, -0.1) is 0 Å². The van der Waals surface area contributed by atoms with Crippen LogP contribution < -0.4 is 15.4 Å². The molecule has 0 atom stereocenters. The number of ether oxygens (including phenoxy) is 1. The number of hydrogen-bond donors (Lipinski definition) is 2. The van der Waals surface area contributed by atoms with Crippen molar-refractivity contribution in [2.24, 2.45) is 0 Å². The monoisotopic (exact) mass is 494 g/mol. The Morgan fingerprint density at radius 2 is 1.77 bits per heavy atom. The number of urea groups is 1. The molecule has 10 heteroatoms. The fourth-order valence-electron chi connectivity index (χ4n) is 4.43. The Bertz CT molecular complexity index is 1380. The molecule has 2 aliphatic heterocycles. The van der Waals surface area contributed by atoms with Gasteiger partial charge < -0.3 is 20.3 Å². The second-order valence-corrected chi connectivity index (χ2v) is 10.4. The van der Waals surface area contributed by atoms with E-state index in [9.17, 15) is 18.0 Å². The molecule has 1 fully saturated rings. The summed E-state index contributed by atoms with van der Waals surface area (Å²) in [6.45, 7) is 1.38. The van der Waals surface area contributed by atoms with E-state index in [1.807, 2.05) is 18.2 Å². The van der Waals surface area contributed by atoms with Crippen molar-refractivity contribution in [1.82, 2.24) is 14.5 Å². The SMILES string of the molecule is O=C1COc2ccc(S(=O)(=O)N3CCN(C(=O)NCCc4cccc5ccccc45)CC3)cc2N1. The van der Waals surface area contributed by atoms with Crippen molar-refractivity contribution in [3.05, 3.63) is 66.2 Å². The van der Waals surface area contributed by atoms with E-state index in [4.69, 9.17) is 4.74 Å². The third-order valence-electron chi connectivity index (χ3n) is 6.30. The topological polar surface area (TPSA) is 108 Å². The van der Waals surface area contributed by atoms with Crippen LogP contribution in [0.25, 0.3) is 10.8 Å². The number of hydrogen-bond acceptors (Lipinski definition) is 5. The molecule has 0 bridgehead atoms. The van der Waals surface area contributed by atoms with Crippen molar-refractivity contribution >= 4 is 38.4 Å². The number of rotatable bonds is 5. The van der Waals surface area contributed by atoms with Crippen LogP contribution in [0.1, 0.15) is 5.56 Å². The molecule has 3 amide bonds. The van der Waals surface area contributed by atoms with E-state index in [2.05, 4.69) is 34.9 Å². The number of fused-ring (bicyclic) bond motifs is 2. The minimum absolute atomic E-state index is 0.0787. The first kappa shape index (κ1) is 23.1. The molecule has 0 radical (unpaired) electrons. The van der Waals surface area contributed by atoms with Crippen LogP contribution >= 0.6 is 0 Å². The molecule has 2 heterocycles. The van der Waals surface area contributed by atoms with Gasteiger partial charge in [-0.2, -0.15) is 4.31 Å². The maximum atomic E-state index is 13.1. The maximum Gasteiger partial charge on any atom is 0.317 e. The van der Waals surface area contributed by atoms with Gasteiger partial charge in [0.1, 0.15) is 5.75 Å². The second-order valence-electron chi connectivity index (χ2n) is 8.51. The maximum absolute atomic E-state index is 13.1. The predicted octanol–water partition coefficient (Wildman–Crippen LogP) is 2.43. The van der Waals surface area contributed by atoms with Gasteiger partial charge in [-0.1, -0.05) is 42.5 Å². The highest BCUT2D eigenvalue weighted by Crippen LogP contribution is 2.31. The number of piperazine rings is 1. The predicted molar refractivity (Wildman–Crippen MR) is 132 cm³/mol. The fraction of sp³-hybridized carbons (Fsp3) is 0.280. The zero-order chi connectivity index (χ0) is 24.4. The Morgan fingerprint density at radius 3 is 2.60 bits per heavy atom. The number of sulfonamides is 1. The van der Waals surface area contributed by atoms with Crippen LogP contribution in [0.3, 0.4) is 0 Å². The van der Waals surface area contributed by atoms with Crippen LogP contribution in [0.2, 0.25) is 0 Å². The minimum Gasteiger partial charge on any atom is -0.482 e. The van der Waals surface area contributed by atoms with E-state index < -0.39 is 10.0 Å². The van der Waals surface area contributed by atoms with Crippen molar-refractivity contribution in [1.29, 1.82) is 0 Å². The summed E-state index contributed by atoms with van der Waals surface area (Å²) >= 11 is 0. The van der Waals surface area contributed by atoms with E-state index in [1.54, 1.807) is 11.0 Å². The minimum atomic E-state index is -3.77. The Labute approximate surface area is 203 Å². The zero-order valence-corrected chi connectivity index (χ0v) is 19.9. The third kappa shape index (κ3) is 4.80. The van der Waals surface area contributed by atoms with Crippen LogP contribution in [0.15, 0.2) is 65.6 Å². The molecule has 0 aromatic heterocycles. The number of anilines is 1. The average Bonchev–Trinajstić information content (AvgIpc) is 2.88. The van der Waals surface area contributed by atoms with Crippen LogP contribution in [0.4, 0.5) is 10.5 Å². The lowest BCUT2D eigenvalue weighted by molar-refractivity contribution is -0.118. The molecule has 5 rings (SSSR count). The summed E-state index contributed by atoms with van der Waals surface area (Å²) in [6.07, 6.45) is 0.708. The summed E-state index contributed by atoms with van der Waals surface area (Å²) in [5.41, 5.74) is 1.51. The number of nitrogens with one attached hydrogen (secondary N) is 2. The van der Waals surface area contributed by atoms with Gasteiger partial charge in [0, 0.05) is 32.7 Å². The highest BCUT2D eigenvalue weighted by atomic mass is 32.2. The highest BCUT2D eigenvalue weighted by molar-refractivity contribution is 7.89. The lowest BCUT2D eigenvalue weighted by Gasteiger charge is -2.34. The van der Waals surface area contributed by atoms with Crippen molar-refractivity contribution in [2.45, 2.75) is 11.3 Å². The van der Waals surface area contributed by atoms with Gasteiger partial charge in [-0.3, -0.25) is 4.79 Å². The number of carbonyl (C=O) groups is 2. The van der Waals surface area contributed by atoms with E-state index >= 15 is 0 Å². The van der Waals surface area contributed by atoms with E-state index in [0.29, 0.717) is 37.5 Å². The molecule has 182 valence electrons. The number of amides is 3. The molecule has 0 spiro atoms. The molecular formula is C25H26N4O5S. The van der Waals surface area contributed by atoms with Gasteiger partial charge in [0.15, 0.2) is 6.61 Å². The molecule has 35 heavy (non-hydrogen) atoms. The summed E-state index contributed by atoms with van der Waals surface area (Å²) in [6, 6.07) is 18.5. The summed E-state index contributed by atoms with van der Waals surface area (Å²) in [7, 11) is -3.77. The molecule has 0 saturated carbocycles. The summed E-state index contributed by atoms with van der Waals surface area (Å²) in [4.78, 5) is 25.9. The zero-order valence-electron chi connectivity index (χ0n) is 19.1. The molecule has 9 nitrogen and oxygen atoms in total. The summed E-state index contributed by atoms with van der Waals surface area (Å²) < 4.78 is 32.9. The highest BCUT2D eigenvalue weighted by Gasteiger charge is 2.31. The standard InChI is InChI=1S/C25H26N4O5S/c30-24-17-34-23-9-8-20(16-22(23)27-24)35(32,33)29-14-12-28(13-15-29)25(31)26-11-10-19-6-3-5-18-4-1-2-7-21(18)19/h1-9,16H,10-15,17H2,(H,26,31)(H,27,30). The first-order chi connectivity index (χ1) is 16.9. The largest absolute Gasteiger partial charge is 0.482 e. The molecule has 2 N–H and O–H groups in total. The number of nitrogens with zero attached hydrogens (tertiary/aromatic N) is 2. The van der Waals surface area contributed by atoms with Gasteiger partial charge in [-0.05, 0) is 41.0 Å². The van der Waals surface area contributed by atoms with Gasteiger partial charge in [0.05, 0.1) is 10.6 Å². The van der Waals surface area contributed by atoms with Gasteiger partial charge in [-0.25, -0.2) is 13.2 Å². The molecule has 0 unspecified atom stereocenters. The van der Waals surface area contributed by atoms with Crippen molar-refractivity contribution < 1.29 is 22.7 Å². The van der Waals surface area contributed by atoms with Gasteiger partial charge in [0.2, 0.25) is 10.0 Å². The first-order valence-corrected chi connectivity index (χ1v) is 12.9. The molecule has 2 aliphatic rings. The van der Waals surface area contributed by atoms with Crippen molar-refractivity contribution in [3.8, 4) is 5.75 Å². The molecular weight excluding hydrogens is 468 g/mol. The quantitative estimate of drug-likeness (QED) is 0.567. The summed E-state index contributed by atoms with van der Waals surface area (Å²) in [5, 5.41) is 7.93. The lowest BCUT2D eigenvalue weighted by atomic mass is 10.0. The van der Waals surface area contributed by atoms with E-state index in [0.717, 1.165) is 0 Å². The average molecular weight is 495 g/mol.